The lowest BCUT2D eigenvalue weighted by Gasteiger charge is -1.99. The molecule has 2 N–H and O–H groups in total. The summed E-state index contributed by atoms with van der Waals surface area (Å²) in [5.74, 6) is 6.02. The molecule has 0 spiro atoms. The third kappa shape index (κ3) is 2.21. The summed E-state index contributed by atoms with van der Waals surface area (Å²) >= 11 is 0. The van der Waals surface area contributed by atoms with Crippen molar-refractivity contribution in [2.45, 2.75) is 6.92 Å². The standard InChI is InChI=1S/C14H12N2/c1-11-9-10-16-13(14(11)15)8-7-12-5-3-2-4-6-12/h2-6,9-10H,15H2,1H3. The summed E-state index contributed by atoms with van der Waals surface area (Å²) in [4.78, 5) is 4.16. The van der Waals surface area contributed by atoms with Gasteiger partial charge in [0.2, 0.25) is 0 Å². The van der Waals surface area contributed by atoms with Crippen molar-refractivity contribution in [2.24, 2.45) is 0 Å². The van der Waals surface area contributed by atoms with Gasteiger partial charge < -0.3 is 5.73 Å². The Morgan fingerprint density at radius 2 is 1.81 bits per heavy atom. The van der Waals surface area contributed by atoms with Crippen LogP contribution in [0.4, 0.5) is 5.69 Å². The molecule has 0 unspecified atom stereocenters. The quantitative estimate of drug-likeness (QED) is 0.675. The first-order valence-corrected chi connectivity index (χ1v) is 5.05. The van der Waals surface area contributed by atoms with Crippen molar-refractivity contribution in [3.05, 3.63) is 59.4 Å². The molecule has 1 aromatic heterocycles. The smallest absolute Gasteiger partial charge is 0.136 e. The maximum atomic E-state index is 5.88. The number of nitrogens with zero attached hydrogens (tertiary/aromatic N) is 1. The predicted octanol–water partition coefficient (Wildman–Crippen LogP) is 2.37. The molecule has 16 heavy (non-hydrogen) atoms. The largest absolute Gasteiger partial charge is 0.396 e. The van der Waals surface area contributed by atoms with Crippen LogP contribution in [-0.4, -0.2) is 4.98 Å². The van der Waals surface area contributed by atoms with E-state index in [1.807, 2.05) is 43.3 Å². The lowest BCUT2D eigenvalue weighted by molar-refractivity contribution is 1.26. The fraction of sp³-hybridized carbons (Fsp3) is 0.0714. The maximum Gasteiger partial charge on any atom is 0.136 e. The van der Waals surface area contributed by atoms with Gasteiger partial charge in [0.15, 0.2) is 0 Å². The Kier molecular flexibility index (Phi) is 2.88. The first-order chi connectivity index (χ1) is 7.77. The third-order valence-corrected chi connectivity index (χ3v) is 2.31. The lowest BCUT2D eigenvalue weighted by Crippen LogP contribution is -1.96. The Labute approximate surface area is 95.1 Å². The fourth-order valence-corrected chi connectivity index (χ4v) is 1.32. The zero-order valence-corrected chi connectivity index (χ0v) is 9.07. The molecular formula is C14H12N2. The molecule has 78 valence electrons. The van der Waals surface area contributed by atoms with E-state index in [1.54, 1.807) is 6.20 Å². The van der Waals surface area contributed by atoms with Crippen LogP contribution in [0.5, 0.6) is 0 Å². The molecule has 0 aliphatic heterocycles. The number of anilines is 1. The van der Waals surface area contributed by atoms with Crippen molar-refractivity contribution in [2.75, 3.05) is 5.73 Å². The first kappa shape index (κ1) is 10.3. The van der Waals surface area contributed by atoms with Gasteiger partial charge >= 0.3 is 0 Å². The van der Waals surface area contributed by atoms with Crippen LogP contribution < -0.4 is 5.73 Å². The van der Waals surface area contributed by atoms with Crippen molar-refractivity contribution < 1.29 is 0 Å². The second-order valence-electron chi connectivity index (χ2n) is 3.51. The molecule has 1 heterocycles. The Bertz CT molecular complexity index is 548. The van der Waals surface area contributed by atoms with Crippen molar-refractivity contribution in [1.82, 2.24) is 4.98 Å². The van der Waals surface area contributed by atoms with E-state index in [0.717, 1.165) is 11.1 Å². The normalized spacial score (nSPS) is 9.31. The van der Waals surface area contributed by atoms with E-state index >= 15 is 0 Å². The third-order valence-electron chi connectivity index (χ3n) is 2.31. The number of hydrogen-bond donors (Lipinski definition) is 1. The monoisotopic (exact) mass is 208 g/mol. The fourth-order valence-electron chi connectivity index (χ4n) is 1.32. The van der Waals surface area contributed by atoms with Crippen LogP contribution >= 0.6 is 0 Å². The molecule has 2 aromatic rings. The van der Waals surface area contributed by atoms with E-state index in [0.29, 0.717) is 11.4 Å². The minimum atomic E-state index is 0.642. The minimum Gasteiger partial charge on any atom is -0.396 e. The Morgan fingerprint density at radius 3 is 2.56 bits per heavy atom. The number of hydrogen-bond acceptors (Lipinski definition) is 2. The molecule has 0 saturated carbocycles. The summed E-state index contributed by atoms with van der Waals surface area (Å²) in [7, 11) is 0. The molecule has 2 heteroatoms. The second-order valence-corrected chi connectivity index (χ2v) is 3.51. The van der Waals surface area contributed by atoms with Gasteiger partial charge in [-0.25, -0.2) is 4.98 Å². The SMILES string of the molecule is Cc1ccnc(C#Cc2ccccc2)c1N. The van der Waals surface area contributed by atoms with Crippen molar-refractivity contribution >= 4 is 5.69 Å². The van der Waals surface area contributed by atoms with Gasteiger partial charge in [-0.15, -0.1) is 0 Å². The van der Waals surface area contributed by atoms with Gasteiger partial charge in [-0.2, -0.15) is 0 Å². The second kappa shape index (κ2) is 4.50. The molecule has 2 rings (SSSR count). The van der Waals surface area contributed by atoms with E-state index < -0.39 is 0 Å². The molecule has 0 saturated heterocycles. The number of nitrogens with two attached hydrogens (primary N) is 1. The van der Waals surface area contributed by atoms with E-state index in [1.165, 1.54) is 0 Å². The Hall–Kier alpha value is -2.27. The Balaban J connectivity index is 2.35. The van der Waals surface area contributed by atoms with Crippen LogP contribution in [0, 0.1) is 18.8 Å². The van der Waals surface area contributed by atoms with Crippen LogP contribution in [0.15, 0.2) is 42.6 Å². The highest BCUT2D eigenvalue weighted by atomic mass is 14.7. The summed E-state index contributed by atoms with van der Waals surface area (Å²) in [6.07, 6.45) is 1.72. The zero-order valence-electron chi connectivity index (χ0n) is 9.07. The van der Waals surface area contributed by atoms with Crippen LogP contribution in [-0.2, 0) is 0 Å². The van der Waals surface area contributed by atoms with E-state index in [-0.39, 0.29) is 0 Å². The number of nitrogen functional groups attached to an aromatic ring is 1. The first-order valence-electron chi connectivity index (χ1n) is 5.05. The van der Waals surface area contributed by atoms with Gasteiger partial charge in [0.1, 0.15) is 5.69 Å². The van der Waals surface area contributed by atoms with Crippen LogP contribution in [0.1, 0.15) is 16.8 Å². The van der Waals surface area contributed by atoms with Crippen LogP contribution in [0.25, 0.3) is 0 Å². The average Bonchev–Trinajstić information content (AvgIpc) is 2.32. The summed E-state index contributed by atoms with van der Waals surface area (Å²) < 4.78 is 0. The molecule has 1 aromatic carbocycles. The summed E-state index contributed by atoms with van der Waals surface area (Å²) in [5.41, 5.74) is 9.15. The minimum absolute atomic E-state index is 0.642. The predicted molar refractivity (Wildman–Crippen MR) is 65.8 cm³/mol. The van der Waals surface area contributed by atoms with Crippen LogP contribution in [0.2, 0.25) is 0 Å². The highest BCUT2D eigenvalue weighted by Crippen LogP contribution is 2.12. The molecule has 0 fully saturated rings. The van der Waals surface area contributed by atoms with Gasteiger partial charge in [-0.1, -0.05) is 24.1 Å². The lowest BCUT2D eigenvalue weighted by atomic mass is 10.2. The van der Waals surface area contributed by atoms with Crippen molar-refractivity contribution in [3.8, 4) is 11.8 Å². The van der Waals surface area contributed by atoms with Crippen molar-refractivity contribution in [3.63, 3.8) is 0 Å². The molecule has 0 aliphatic rings. The maximum absolute atomic E-state index is 5.88. The van der Waals surface area contributed by atoms with Gasteiger partial charge in [0.25, 0.3) is 0 Å². The highest BCUT2D eigenvalue weighted by Gasteiger charge is 1.98. The number of aryl methyl sites for hydroxylation is 1. The molecular weight excluding hydrogens is 196 g/mol. The highest BCUT2D eigenvalue weighted by molar-refractivity contribution is 5.57. The zero-order chi connectivity index (χ0) is 11.4. The molecule has 0 radical (unpaired) electrons. The summed E-state index contributed by atoms with van der Waals surface area (Å²) in [6.45, 7) is 1.95. The topological polar surface area (TPSA) is 38.9 Å². The number of benzene rings is 1. The van der Waals surface area contributed by atoms with E-state index in [9.17, 15) is 0 Å². The van der Waals surface area contributed by atoms with Gasteiger partial charge in [-0.3, -0.25) is 0 Å². The van der Waals surface area contributed by atoms with Crippen LogP contribution in [0.3, 0.4) is 0 Å². The molecule has 0 atom stereocenters. The Morgan fingerprint density at radius 1 is 1.06 bits per heavy atom. The van der Waals surface area contributed by atoms with Gasteiger partial charge in [-0.05, 0) is 36.6 Å². The summed E-state index contributed by atoms with van der Waals surface area (Å²) in [6, 6.07) is 11.7. The number of rotatable bonds is 0. The van der Waals surface area contributed by atoms with E-state index in [2.05, 4.69) is 16.8 Å². The summed E-state index contributed by atoms with van der Waals surface area (Å²) in [5, 5.41) is 0. The van der Waals surface area contributed by atoms with Gasteiger partial charge in [0, 0.05) is 11.8 Å². The van der Waals surface area contributed by atoms with E-state index in [4.69, 9.17) is 5.73 Å². The van der Waals surface area contributed by atoms with Gasteiger partial charge in [0.05, 0.1) is 5.69 Å². The average molecular weight is 208 g/mol. The number of aromatic nitrogens is 1. The van der Waals surface area contributed by atoms with Crippen molar-refractivity contribution in [1.29, 1.82) is 0 Å². The number of pyridine rings is 1. The molecule has 0 aliphatic carbocycles. The molecule has 0 bridgehead atoms. The molecule has 2 nitrogen and oxygen atoms in total. The molecule has 0 amide bonds.